The van der Waals surface area contributed by atoms with Crippen molar-refractivity contribution in [2.24, 2.45) is 0 Å². The number of benzene rings is 1. The minimum Gasteiger partial charge on any atom is -0.352 e. The van der Waals surface area contributed by atoms with Crippen LogP contribution in [0, 0.1) is 0 Å². The third-order valence-corrected chi connectivity index (χ3v) is 4.67. The number of halogens is 4. The predicted molar refractivity (Wildman–Crippen MR) is 96.3 cm³/mol. The Kier molecular flexibility index (Phi) is 5.93. The molecule has 2 aromatic rings. The van der Waals surface area contributed by atoms with Crippen molar-refractivity contribution in [2.75, 3.05) is 19.6 Å². The van der Waals surface area contributed by atoms with Gasteiger partial charge in [0.1, 0.15) is 0 Å². The summed E-state index contributed by atoms with van der Waals surface area (Å²) in [6.45, 7) is 1.31. The second-order valence-corrected chi connectivity index (χ2v) is 6.82. The van der Waals surface area contributed by atoms with Gasteiger partial charge in [-0.05, 0) is 37.1 Å². The van der Waals surface area contributed by atoms with Crippen LogP contribution < -0.4 is 5.32 Å². The van der Waals surface area contributed by atoms with E-state index in [1.54, 1.807) is 4.90 Å². The molecule has 10 heteroatoms. The van der Waals surface area contributed by atoms with Crippen molar-refractivity contribution in [3.8, 4) is 5.69 Å². The topological polar surface area (TPSA) is 67.2 Å². The van der Waals surface area contributed by atoms with E-state index < -0.39 is 23.3 Å². The van der Waals surface area contributed by atoms with Gasteiger partial charge in [0.05, 0.1) is 17.4 Å². The molecule has 1 aromatic heterocycles. The Morgan fingerprint density at radius 3 is 2.57 bits per heavy atom. The van der Waals surface area contributed by atoms with E-state index in [-0.39, 0.29) is 18.1 Å². The summed E-state index contributed by atoms with van der Waals surface area (Å²) in [7, 11) is 0. The fraction of sp³-hybridized carbons (Fsp3) is 0.389. The number of rotatable bonds is 6. The van der Waals surface area contributed by atoms with Crippen molar-refractivity contribution in [3.05, 3.63) is 46.7 Å². The quantitative estimate of drug-likeness (QED) is 0.738. The van der Waals surface area contributed by atoms with E-state index in [9.17, 15) is 22.8 Å². The average Bonchev–Trinajstić information content (AvgIpc) is 3.25. The molecule has 0 bridgehead atoms. The summed E-state index contributed by atoms with van der Waals surface area (Å²) in [5.74, 6) is -0.796. The number of amides is 2. The van der Waals surface area contributed by atoms with Gasteiger partial charge in [0.2, 0.25) is 5.91 Å². The normalized spacial score (nSPS) is 14.6. The summed E-state index contributed by atoms with van der Waals surface area (Å²) in [5.41, 5.74) is -1.56. The first-order chi connectivity index (χ1) is 13.3. The molecule has 1 aliphatic rings. The summed E-state index contributed by atoms with van der Waals surface area (Å²) in [5, 5.41) is 6.59. The number of hydrogen-bond donors (Lipinski definition) is 1. The largest absolute Gasteiger partial charge is 0.434 e. The van der Waals surface area contributed by atoms with E-state index in [0.717, 1.165) is 12.6 Å². The lowest BCUT2D eigenvalue weighted by molar-refractivity contribution is -0.143. The molecule has 6 nitrogen and oxygen atoms in total. The summed E-state index contributed by atoms with van der Waals surface area (Å²) < 4.78 is 41.5. The summed E-state index contributed by atoms with van der Waals surface area (Å²) in [6.07, 6.45) is -2.08. The number of carbonyl (C=O) groups excluding carboxylic acids is 2. The van der Waals surface area contributed by atoms with Gasteiger partial charge in [-0.1, -0.05) is 11.6 Å². The number of alkyl halides is 3. The molecule has 150 valence electrons. The van der Waals surface area contributed by atoms with Gasteiger partial charge in [0.25, 0.3) is 5.91 Å². The van der Waals surface area contributed by atoms with Crippen molar-refractivity contribution in [3.63, 3.8) is 0 Å². The van der Waals surface area contributed by atoms with Crippen molar-refractivity contribution in [1.82, 2.24) is 20.0 Å². The molecule has 3 rings (SSSR count). The molecule has 2 heterocycles. The zero-order valence-electron chi connectivity index (χ0n) is 14.8. The maximum atomic E-state index is 13.6. The molecular weight excluding hydrogens is 397 g/mol. The van der Waals surface area contributed by atoms with Crippen LogP contribution in [-0.2, 0) is 11.0 Å². The monoisotopic (exact) mass is 414 g/mol. The van der Waals surface area contributed by atoms with E-state index in [1.165, 1.54) is 24.3 Å². The molecule has 1 saturated heterocycles. The zero-order chi connectivity index (χ0) is 20.3. The maximum absolute atomic E-state index is 13.6. The smallest absolute Gasteiger partial charge is 0.352 e. The van der Waals surface area contributed by atoms with Gasteiger partial charge < -0.3 is 10.2 Å². The standard InChI is InChI=1S/C18H18ClF3N4O2/c19-12-4-6-13(7-5-12)26-16(18(20,21)22)14(11-24-26)17(28)23-8-2-10-25-9-1-3-15(25)27/h4-7,11H,1-3,8-10H2,(H,23,28). The highest BCUT2D eigenvalue weighted by atomic mass is 35.5. The Morgan fingerprint density at radius 1 is 1.25 bits per heavy atom. The number of hydrogen-bond acceptors (Lipinski definition) is 3. The molecular formula is C18H18ClF3N4O2. The summed E-state index contributed by atoms with van der Waals surface area (Å²) in [6, 6.07) is 5.66. The number of likely N-dealkylation sites (tertiary alicyclic amines) is 1. The van der Waals surface area contributed by atoms with Crippen LogP contribution in [-0.4, -0.2) is 46.1 Å². The second-order valence-electron chi connectivity index (χ2n) is 6.39. The maximum Gasteiger partial charge on any atom is 0.434 e. The molecule has 1 aromatic carbocycles. The lowest BCUT2D eigenvalue weighted by Gasteiger charge is -2.15. The van der Waals surface area contributed by atoms with Gasteiger partial charge in [-0.15, -0.1) is 0 Å². The molecule has 0 unspecified atom stereocenters. The highest BCUT2D eigenvalue weighted by molar-refractivity contribution is 6.30. The van der Waals surface area contributed by atoms with Gasteiger partial charge in [0.15, 0.2) is 5.69 Å². The van der Waals surface area contributed by atoms with E-state index >= 15 is 0 Å². The Bertz CT molecular complexity index is 865. The molecule has 0 atom stereocenters. The Hall–Kier alpha value is -2.55. The molecule has 0 aliphatic carbocycles. The molecule has 0 spiro atoms. The van der Waals surface area contributed by atoms with Crippen LogP contribution in [0.25, 0.3) is 5.69 Å². The summed E-state index contributed by atoms with van der Waals surface area (Å²) in [4.78, 5) is 25.5. The Morgan fingerprint density at radius 2 is 1.96 bits per heavy atom. The number of nitrogens with zero attached hydrogens (tertiary/aromatic N) is 3. The highest BCUT2D eigenvalue weighted by Gasteiger charge is 2.40. The van der Waals surface area contributed by atoms with Crippen molar-refractivity contribution in [1.29, 1.82) is 0 Å². The molecule has 0 saturated carbocycles. The number of nitrogens with one attached hydrogen (secondary N) is 1. The molecule has 0 radical (unpaired) electrons. The zero-order valence-corrected chi connectivity index (χ0v) is 15.6. The van der Waals surface area contributed by atoms with Crippen LogP contribution in [0.3, 0.4) is 0 Å². The highest BCUT2D eigenvalue weighted by Crippen LogP contribution is 2.33. The lowest BCUT2D eigenvalue weighted by Crippen LogP contribution is -2.31. The SMILES string of the molecule is O=C(NCCCN1CCCC1=O)c1cnn(-c2ccc(Cl)cc2)c1C(F)(F)F. The lowest BCUT2D eigenvalue weighted by atomic mass is 10.2. The third-order valence-electron chi connectivity index (χ3n) is 4.42. The van der Waals surface area contributed by atoms with Gasteiger partial charge in [-0.2, -0.15) is 18.3 Å². The first-order valence-corrected chi connectivity index (χ1v) is 9.12. The van der Waals surface area contributed by atoms with Crippen LogP contribution in [0.5, 0.6) is 0 Å². The van der Waals surface area contributed by atoms with Gasteiger partial charge >= 0.3 is 6.18 Å². The fourth-order valence-electron chi connectivity index (χ4n) is 3.07. The minimum absolute atomic E-state index is 0.0647. The van der Waals surface area contributed by atoms with Crippen LogP contribution in [0.4, 0.5) is 13.2 Å². The number of carbonyl (C=O) groups is 2. The predicted octanol–water partition coefficient (Wildman–Crippen LogP) is 3.29. The van der Waals surface area contributed by atoms with E-state index in [2.05, 4.69) is 10.4 Å². The van der Waals surface area contributed by atoms with E-state index in [4.69, 9.17) is 11.6 Å². The minimum atomic E-state index is -4.77. The summed E-state index contributed by atoms with van der Waals surface area (Å²) >= 11 is 5.77. The molecule has 1 fully saturated rings. The van der Waals surface area contributed by atoms with Crippen LogP contribution in [0.1, 0.15) is 35.3 Å². The van der Waals surface area contributed by atoms with Crippen LogP contribution in [0.2, 0.25) is 5.02 Å². The first-order valence-electron chi connectivity index (χ1n) is 8.74. The van der Waals surface area contributed by atoms with Crippen molar-refractivity contribution in [2.45, 2.75) is 25.4 Å². The first kappa shape index (κ1) is 20.2. The van der Waals surface area contributed by atoms with Gasteiger partial charge in [-0.3, -0.25) is 9.59 Å². The molecule has 2 amide bonds. The van der Waals surface area contributed by atoms with Gasteiger partial charge in [0, 0.05) is 31.1 Å². The molecule has 1 aliphatic heterocycles. The Labute approximate surface area is 164 Å². The molecule has 28 heavy (non-hydrogen) atoms. The van der Waals surface area contributed by atoms with E-state index in [0.29, 0.717) is 35.6 Å². The fourth-order valence-corrected chi connectivity index (χ4v) is 3.20. The van der Waals surface area contributed by atoms with Gasteiger partial charge in [-0.25, -0.2) is 4.68 Å². The average molecular weight is 415 g/mol. The van der Waals surface area contributed by atoms with Crippen LogP contribution >= 0.6 is 11.6 Å². The number of aromatic nitrogens is 2. The molecule has 1 N–H and O–H groups in total. The second kappa shape index (κ2) is 8.22. The van der Waals surface area contributed by atoms with Crippen molar-refractivity contribution >= 4 is 23.4 Å². The van der Waals surface area contributed by atoms with E-state index in [1.807, 2.05) is 0 Å². The third kappa shape index (κ3) is 4.46. The van der Waals surface area contributed by atoms with Crippen LogP contribution in [0.15, 0.2) is 30.5 Å². The van der Waals surface area contributed by atoms with Crippen molar-refractivity contribution < 1.29 is 22.8 Å². The Balaban J connectivity index is 1.71.